The molecule has 1 aromatic heterocycles. The second-order valence-corrected chi connectivity index (χ2v) is 5.43. The fourth-order valence-corrected chi connectivity index (χ4v) is 1.91. The molecule has 1 heteroatoms. The third kappa shape index (κ3) is 3.07. The van der Waals surface area contributed by atoms with Crippen molar-refractivity contribution in [2.75, 3.05) is 0 Å². The largest absolute Gasteiger partial charge is 0.257 e. The van der Waals surface area contributed by atoms with Crippen LogP contribution < -0.4 is 0 Å². The van der Waals surface area contributed by atoms with Crippen molar-refractivity contribution in [2.24, 2.45) is 5.41 Å². The lowest BCUT2D eigenvalue weighted by molar-refractivity contribution is 0.567. The number of hydrogen-bond donors (Lipinski definition) is 0. The second kappa shape index (κ2) is 5.18. The van der Waals surface area contributed by atoms with Crippen molar-refractivity contribution in [1.82, 2.24) is 4.98 Å². The van der Waals surface area contributed by atoms with Crippen LogP contribution in [0.15, 0.2) is 54.7 Å². The molecule has 0 atom stereocenters. The van der Waals surface area contributed by atoms with Gasteiger partial charge in [-0.15, -0.1) is 0 Å². The summed E-state index contributed by atoms with van der Waals surface area (Å²) >= 11 is 0. The number of allylic oxidation sites excluding steroid dienone is 1. The maximum Gasteiger partial charge on any atom is 0.0667 e. The smallest absolute Gasteiger partial charge is 0.0667 e. The Kier molecular flexibility index (Phi) is 3.61. The van der Waals surface area contributed by atoms with E-state index in [1.54, 1.807) is 0 Å². The topological polar surface area (TPSA) is 12.9 Å². The summed E-state index contributed by atoms with van der Waals surface area (Å²) in [5, 5.41) is 0. The lowest BCUT2D eigenvalue weighted by atomic mass is 9.83. The quantitative estimate of drug-likeness (QED) is 0.739. The molecule has 0 aliphatic rings. The zero-order chi connectivity index (χ0) is 13.0. The van der Waals surface area contributed by atoms with Crippen molar-refractivity contribution in [3.05, 3.63) is 66.0 Å². The van der Waals surface area contributed by atoms with E-state index in [2.05, 4.69) is 62.2 Å². The van der Waals surface area contributed by atoms with Gasteiger partial charge < -0.3 is 0 Å². The fourth-order valence-electron chi connectivity index (χ4n) is 1.91. The van der Waals surface area contributed by atoms with Crippen LogP contribution in [-0.2, 0) is 0 Å². The molecule has 2 aromatic rings. The first kappa shape index (κ1) is 12.6. The van der Waals surface area contributed by atoms with Crippen molar-refractivity contribution in [3.8, 4) is 0 Å². The van der Waals surface area contributed by atoms with E-state index in [0.29, 0.717) is 0 Å². The first-order valence-electron chi connectivity index (χ1n) is 6.26. The van der Waals surface area contributed by atoms with E-state index in [1.165, 1.54) is 11.1 Å². The average Bonchev–Trinajstić information content (AvgIpc) is 2.37. The van der Waals surface area contributed by atoms with Gasteiger partial charge >= 0.3 is 0 Å². The molecule has 0 amide bonds. The van der Waals surface area contributed by atoms with Crippen LogP contribution in [0.2, 0.25) is 0 Å². The van der Waals surface area contributed by atoms with Crippen molar-refractivity contribution >= 4 is 11.6 Å². The van der Waals surface area contributed by atoms with Crippen molar-refractivity contribution in [1.29, 1.82) is 0 Å². The van der Waals surface area contributed by atoms with Crippen LogP contribution in [0.3, 0.4) is 0 Å². The molecule has 1 heterocycles. The van der Waals surface area contributed by atoms with E-state index < -0.39 is 0 Å². The highest BCUT2D eigenvalue weighted by Crippen LogP contribution is 2.34. The zero-order valence-corrected chi connectivity index (χ0v) is 11.2. The molecule has 0 bridgehead atoms. The second-order valence-electron chi connectivity index (χ2n) is 5.43. The molecule has 0 spiro atoms. The summed E-state index contributed by atoms with van der Waals surface area (Å²) in [5.41, 5.74) is 3.60. The fraction of sp³-hybridized carbons (Fsp3) is 0.235. The van der Waals surface area contributed by atoms with Crippen LogP contribution in [-0.4, -0.2) is 4.98 Å². The summed E-state index contributed by atoms with van der Waals surface area (Å²) in [6, 6.07) is 16.5. The standard InChI is InChI=1S/C17H19N/c1-17(2,3)15(16-11-7-8-12-18-16)13-14-9-5-4-6-10-14/h4-13H,1-3H3/b15-13+. The Balaban J connectivity index is 2.48. The van der Waals surface area contributed by atoms with Gasteiger partial charge in [0.2, 0.25) is 0 Å². The molecule has 2 rings (SSSR count). The number of rotatable bonds is 2. The average molecular weight is 237 g/mol. The monoisotopic (exact) mass is 237 g/mol. The van der Waals surface area contributed by atoms with E-state index in [9.17, 15) is 0 Å². The molecule has 18 heavy (non-hydrogen) atoms. The van der Waals surface area contributed by atoms with Crippen molar-refractivity contribution in [3.63, 3.8) is 0 Å². The summed E-state index contributed by atoms with van der Waals surface area (Å²) in [6.07, 6.45) is 4.07. The lowest BCUT2D eigenvalue weighted by Gasteiger charge is -2.22. The lowest BCUT2D eigenvalue weighted by Crippen LogP contribution is -2.09. The number of benzene rings is 1. The summed E-state index contributed by atoms with van der Waals surface area (Å²) in [6.45, 7) is 6.66. The third-order valence-electron chi connectivity index (χ3n) is 2.86. The van der Waals surface area contributed by atoms with E-state index in [4.69, 9.17) is 0 Å². The summed E-state index contributed by atoms with van der Waals surface area (Å²) < 4.78 is 0. The minimum Gasteiger partial charge on any atom is -0.257 e. The van der Waals surface area contributed by atoms with E-state index in [0.717, 1.165) is 5.69 Å². The molecule has 1 nitrogen and oxygen atoms in total. The minimum absolute atomic E-state index is 0.0736. The van der Waals surface area contributed by atoms with Crippen LogP contribution in [0.5, 0.6) is 0 Å². The summed E-state index contributed by atoms with van der Waals surface area (Å²) in [4.78, 5) is 4.47. The van der Waals surface area contributed by atoms with Crippen LogP contribution >= 0.6 is 0 Å². The zero-order valence-electron chi connectivity index (χ0n) is 11.2. The van der Waals surface area contributed by atoms with Crippen LogP contribution in [0.1, 0.15) is 32.0 Å². The number of pyridine rings is 1. The van der Waals surface area contributed by atoms with Gasteiger partial charge in [0.05, 0.1) is 5.69 Å². The molecule has 0 aliphatic heterocycles. The first-order chi connectivity index (χ1) is 8.57. The number of nitrogens with zero attached hydrogens (tertiary/aromatic N) is 1. The Morgan fingerprint density at radius 1 is 0.944 bits per heavy atom. The molecule has 92 valence electrons. The van der Waals surface area contributed by atoms with Gasteiger partial charge in [-0.05, 0) is 34.8 Å². The molecule has 0 unspecified atom stereocenters. The number of aromatic nitrogens is 1. The number of hydrogen-bond acceptors (Lipinski definition) is 1. The molecular weight excluding hydrogens is 218 g/mol. The van der Waals surface area contributed by atoms with E-state index >= 15 is 0 Å². The van der Waals surface area contributed by atoms with Gasteiger partial charge in [0.1, 0.15) is 0 Å². The highest BCUT2D eigenvalue weighted by Gasteiger charge is 2.19. The molecule has 0 N–H and O–H groups in total. The Labute approximate surface area is 109 Å². The van der Waals surface area contributed by atoms with Crippen molar-refractivity contribution < 1.29 is 0 Å². The normalized spacial score (nSPS) is 12.5. The van der Waals surface area contributed by atoms with Gasteiger partial charge in [0.15, 0.2) is 0 Å². The Morgan fingerprint density at radius 2 is 1.61 bits per heavy atom. The maximum atomic E-state index is 4.47. The molecular formula is C17H19N. The molecule has 0 radical (unpaired) electrons. The van der Waals surface area contributed by atoms with Crippen LogP contribution in [0, 0.1) is 5.41 Å². The third-order valence-corrected chi connectivity index (χ3v) is 2.86. The van der Waals surface area contributed by atoms with Crippen molar-refractivity contribution in [2.45, 2.75) is 20.8 Å². The Bertz CT molecular complexity index is 519. The van der Waals surface area contributed by atoms with Gasteiger partial charge in [-0.1, -0.05) is 57.2 Å². The molecule has 0 aliphatic carbocycles. The van der Waals surface area contributed by atoms with Gasteiger partial charge in [-0.2, -0.15) is 0 Å². The SMILES string of the molecule is CC(C)(C)/C(=C/c1ccccc1)c1ccccn1. The minimum atomic E-state index is 0.0736. The van der Waals surface area contributed by atoms with E-state index in [-0.39, 0.29) is 5.41 Å². The Morgan fingerprint density at radius 3 is 2.17 bits per heavy atom. The molecule has 1 aromatic carbocycles. The van der Waals surface area contributed by atoms with E-state index in [1.807, 2.05) is 24.4 Å². The van der Waals surface area contributed by atoms with Gasteiger partial charge in [-0.25, -0.2) is 0 Å². The molecule has 0 saturated heterocycles. The van der Waals surface area contributed by atoms with Gasteiger partial charge in [-0.3, -0.25) is 4.98 Å². The maximum absolute atomic E-state index is 4.47. The van der Waals surface area contributed by atoms with Crippen LogP contribution in [0.4, 0.5) is 0 Å². The highest BCUT2D eigenvalue weighted by molar-refractivity contribution is 5.82. The van der Waals surface area contributed by atoms with Crippen LogP contribution in [0.25, 0.3) is 11.6 Å². The summed E-state index contributed by atoms with van der Waals surface area (Å²) in [5.74, 6) is 0. The summed E-state index contributed by atoms with van der Waals surface area (Å²) in [7, 11) is 0. The van der Waals surface area contributed by atoms with Gasteiger partial charge in [0.25, 0.3) is 0 Å². The van der Waals surface area contributed by atoms with Gasteiger partial charge in [0, 0.05) is 6.20 Å². The predicted molar refractivity (Wildman–Crippen MR) is 78.0 cm³/mol. The predicted octanol–water partition coefficient (Wildman–Crippen LogP) is 4.67. The highest BCUT2D eigenvalue weighted by atomic mass is 14.7. The first-order valence-corrected chi connectivity index (χ1v) is 6.26. The molecule has 0 fully saturated rings. The molecule has 0 saturated carbocycles. The Hall–Kier alpha value is -1.89.